The minimum atomic E-state index is -4.30. The highest BCUT2D eigenvalue weighted by Gasteiger charge is 2.55. The molecule has 0 aromatic heterocycles. The standard InChI is InChI=1S/C20H26ClF3N4O3S/c21-14-5-12(1-2-13(14)20(22,23)24)32-28-10-19(11-28)8-27(9-19)18(30)26-4-3-16-15(6-26)25-17(29)7-31-16/h1-2,12-16H,3-11H2,(H,25,29)/t12?,13?,14?,15-,16+/m1/s1. The summed E-state index contributed by atoms with van der Waals surface area (Å²) in [6, 6.07) is -0.149. The van der Waals surface area contributed by atoms with Gasteiger partial charge in [0.15, 0.2) is 0 Å². The second-order valence-electron chi connectivity index (χ2n) is 9.54. The SMILES string of the molecule is O=C1CO[C@H]2CCN(C(=O)N3CC4(CN(SC5C=CC(C(F)(F)F)C(Cl)C5)C4)C3)C[C@H]2N1. The third-order valence-electron chi connectivity index (χ3n) is 6.98. The second kappa shape index (κ2) is 8.25. The van der Waals surface area contributed by atoms with E-state index in [-0.39, 0.29) is 41.4 Å². The normalized spacial score (nSPS) is 36.9. The average Bonchev–Trinajstić information content (AvgIpc) is 2.66. The van der Waals surface area contributed by atoms with Gasteiger partial charge in [-0.05, 0) is 12.8 Å². The summed E-state index contributed by atoms with van der Waals surface area (Å²) in [6.07, 6.45) is -0.498. The number of hydrogen-bond acceptors (Lipinski definition) is 5. The van der Waals surface area contributed by atoms with Crippen LogP contribution in [-0.4, -0.2) is 101 Å². The van der Waals surface area contributed by atoms with Crippen molar-refractivity contribution in [3.05, 3.63) is 12.2 Å². The number of urea groups is 1. The largest absolute Gasteiger partial charge is 0.396 e. The Morgan fingerprint density at radius 2 is 1.97 bits per heavy atom. The quantitative estimate of drug-likeness (QED) is 0.362. The van der Waals surface area contributed by atoms with Crippen molar-refractivity contribution in [2.75, 3.05) is 45.9 Å². The van der Waals surface area contributed by atoms with Crippen LogP contribution in [0.3, 0.4) is 0 Å². The van der Waals surface area contributed by atoms with E-state index >= 15 is 0 Å². The summed E-state index contributed by atoms with van der Waals surface area (Å²) in [5.74, 6) is -1.72. The molecule has 0 aromatic rings. The fourth-order valence-electron chi connectivity index (χ4n) is 5.34. The van der Waals surface area contributed by atoms with E-state index in [1.807, 2.05) is 4.90 Å². The fourth-order valence-corrected chi connectivity index (χ4v) is 7.40. The maximum atomic E-state index is 12.9. The number of carbonyl (C=O) groups excluding carboxylic acids is 2. The van der Waals surface area contributed by atoms with Crippen LogP contribution < -0.4 is 5.32 Å². The van der Waals surface area contributed by atoms with E-state index in [4.69, 9.17) is 16.3 Å². The lowest BCUT2D eigenvalue weighted by atomic mass is 9.74. The molecule has 4 saturated heterocycles. The lowest BCUT2D eigenvalue weighted by Gasteiger charge is -2.60. The Bertz CT molecular complexity index is 801. The van der Waals surface area contributed by atoms with E-state index in [9.17, 15) is 22.8 Å². The van der Waals surface area contributed by atoms with Crippen LogP contribution in [0.25, 0.3) is 0 Å². The molecule has 0 saturated carbocycles. The van der Waals surface area contributed by atoms with Crippen molar-refractivity contribution in [1.29, 1.82) is 0 Å². The highest BCUT2D eigenvalue weighted by Crippen LogP contribution is 2.46. The van der Waals surface area contributed by atoms with Gasteiger partial charge in [-0.2, -0.15) is 13.2 Å². The molecule has 5 aliphatic rings. The molecule has 4 heterocycles. The van der Waals surface area contributed by atoms with Gasteiger partial charge in [0, 0.05) is 55.3 Å². The number of piperidine rings is 1. The lowest BCUT2D eigenvalue weighted by Crippen LogP contribution is -2.73. The van der Waals surface area contributed by atoms with Crippen molar-refractivity contribution in [2.24, 2.45) is 11.3 Å². The van der Waals surface area contributed by atoms with Crippen LogP contribution in [0.1, 0.15) is 12.8 Å². The molecule has 5 rings (SSSR count). The molecule has 32 heavy (non-hydrogen) atoms. The summed E-state index contributed by atoms with van der Waals surface area (Å²) in [7, 11) is 0. The Kier molecular flexibility index (Phi) is 5.83. The first-order valence-electron chi connectivity index (χ1n) is 10.9. The van der Waals surface area contributed by atoms with E-state index in [1.54, 1.807) is 22.9 Å². The first-order valence-corrected chi connectivity index (χ1v) is 12.1. The predicted octanol–water partition coefficient (Wildman–Crippen LogP) is 2.08. The Labute approximate surface area is 193 Å². The number of ether oxygens (including phenoxy) is 1. The molecule has 0 bridgehead atoms. The van der Waals surface area contributed by atoms with Crippen LogP contribution in [0.4, 0.5) is 18.0 Å². The topological polar surface area (TPSA) is 65.1 Å². The van der Waals surface area contributed by atoms with Crippen molar-refractivity contribution < 1.29 is 27.5 Å². The number of rotatable bonds is 2. The van der Waals surface area contributed by atoms with Gasteiger partial charge in [-0.25, -0.2) is 9.10 Å². The summed E-state index contributed by atoms with van der Waals surface area (Å²) in [5.41, 5.74) is 0.0798. The van der Waals surface area contributed by atoms with Gasteiger partial charge in [-0.1, -0.05) is 24.1 Å². The van der Waals surface area contributed by atoms with Crippen molar-refractivity contribution in [3.8, 4) is 0 Å². The van der Waals surface area contributed by atoms with E-state index in [1.165, 1.54) is 6.08 Å². The average molecular weight is 495 g/mol. The van der Waals surface area contributed by atoms with Gasteiger partial charge in [-0.15, -0.1) is 11.6 Å². The van der Waals surface area contributed by atoms with Gasteiger partial charge in [-0.3, -0.25) is 4.79 Å². The van der Waals surface area contributed by atoms with Gasteiger partial charge in [0.05, 0.1) is 18.1 Å². The summed E-state index contributed by atoms with van der Waals surface area (Å²) in [6.45, 7) is 4.17. The maximum Gasteiger partial charge on any atom is 0.396 e. The first kappa shape index (κ1) is 22.6. The molecule has 3 unspecified atom stereocenters. The monoisotopic (exact) mass is 494 g/mol. The molecule has 1 aliphatic carbocycles. The fraction of sp³-hybridized carbons (Fsp3) is 0.800. The van der Waals surface area contributed by atoms with Crippen LogP contribution >= 0.6 is 23.5 Å². The third-order valence-corrected chi connectivity index (χ3v) is 8.61. The third kappa shape index (κ3) is 4.33. The molecule has 1 N–H and O–H groups in total. The van der Waals surface area contributed by atoms with E-state index in [2.05, 4.69) is 9.62 Å². The number of hydrogen-bond donors (Lipinski definition) is 1. The molecule has 0 radical (unpaired) electrons. The van der Waals surface area contributed by atoms with Crippen LogP contribution in [0.15, 0.2) is 12.2 Å². The summed E-state index contributed by atoms with van der Waals surface area (Å²) in [4.78, 5) is 28.1. The molecule has 12 heteroatoms. The number of allylic oxidation sites excluding steroid dienone is 1. The Hall–Kier alpha value is -1.17. The van der Waals surface area contributed by atoms with Crippen LogP contribution in [0, 0.1) is 11.3 Å². The lowest BCUT2D eigenvalue weighted by molar-refractivity contribution is -0.162. The highest BCUT2D eigenvalue weighted by molar-refractivity contribution is 7.97. The molecule has 7 nitrogen and oxygen atoms in total. The van der Waals surface area contributed by atoms with E-state index in [0.717, 1.165) is 13.1 Å². The van der Waals surface area contributed by atoms with Gasteiger partial charge >= 0.3 is 12.2 Å². The molecule has 3 amide bonds. The van der Waals surface area contributed by atoms with Crippen molar-refractivity contribution in [2.45, 2.75) is 41.8 Å². The zero-order valence-corrected chi connectivity index (χ0v) is 19.0. The number of nitrogens with zero attached hydrogens (tertiary/aromatic N) is 3. The molecule has 4 fully saturated rings. The number of morpholine rings is 1. The van der Waals surface area contributed by atoms with Crippen molar-refractivity contribution >= 4 is 35.5 Å². The second-order valence-corrected chi connectivity index (χ2v) is 11.4. The Morgan fingerprint density at radius 1 is 1.22 bits per heavy atom. The Morgan fingerprint density at radius 3 is 2.66 bits per heavy atom. The maximum absolute atomic E-state index is 12.9. The van der Waals surface area contributed by atoms with Crippen molar-refractivity contribution in [1.82, 2.24) is 19.4 Å². The number of nitrogens with one attached hydrogen (secondary N) is 1. The van der Waals surface area contributed by atoms with Crippen LogP contribution in [0.2, 0.25) is 0 Å². The van der Waals surface area contributed by atoms with Gasteiger partial charge in [0.25, 0.3) is 0 Å². The molecule has 1 spiro atoms. The number of amides is 3. The minimum absolute atomic E-state index is 0.00149. The number of alkyl halides is 4. The van der Waals surface area contributed by atoms with Gasteiger partial charge in [0.1, 0.15) is 6.61 Å². The summed E-state index contributed by atoms with van der Waals surface area (Å²) < 4.78 is 46.5. The molecular formula is C20H26ClF3N4O3S. The Balaban J connectivity index is 1.06. The number of fused-ring (bicyclic) bond motifs is 1. The minimum Gasteiger partial charge on any atom is -0.366 e. The summed E-state index contributed by atoms with van der Waals surface area (Å²) in [5, 5.41) is 1.92. The highest BCUT2D eigenvalue weighted by atomic mass is 35.5. The van der Waals surface area contributed by atoms with E-state index < -0.39 is 17.5 Å². The molecule has 178 valence electrons. The number of likely N-dealkylation sites (tertiary alicyclic amines) is 2. The van der Waals surface area contributed by atoms with Crippen molar-refractivity contribution in [3.63, 3.8) is 0 Å². The number of carbonyl (C=O) groups is 2. The summed E-state index contributed by atoms with van der Waals surface area (Å²) >= 11 is 7.55. The molecule has 0 aromatic carbocycles. The molecule has 4 aliphatic heterocycles. The van der Waals surface area contributed by atoms with Gasteiger partial charge in [0.2, 0.25) is 5.91 Å². The van der Waals surface area contributed by atoms with Crippen LogP contribution in [-0.2, 0) is 9.53 Å². The number of halogens is 4. The smallest absolute Gasteiger partial charge is 0.366 e. The van der Waals surface area contributed by atoms with Crippen LogP contribution in [0.5, 0.6) is 0 Å². The predicted molar refractivity (Wildman–Crippen MR) is 113 cm³/mol. The van der Waals surface area contributed by atoms with Gasteiger partial charge < -0.3 is 19.9 Å². The zero-order chi connectivity index (χ0) is 22.7. The molecular weight excluding hydrogens is 469 g/mol. The van der Waals surface area contributed by atoms with E-state index in [0.29, 0.717) is 39.0 Å². The first-order chi connectivity index (χ1) is 15.1. The molecule has 5 atom stereocenters. The zero-order valence-electron chi connectivity index (χ0n) is 17.4.